The predicted octanol–water partition coefficient (Wildman–Crippen LogP) is 2.36. The summed E-state index contributed by atoms with van der Waals surface area (Å²) in [5, 5.41) is 6.24. The van der Waals surface area contributed by atoms with Crippen molar-refractivity contribution in [3.63, 3.8) is 0 Å². The molecule has 0 aliphatic heterocycles. The van der Waals surface area contributed by atoms with Crippen LogP contribution in [0.1, 0.15) is 16.7 Å². The molecule has 0 atom stereocenters. The highest BCUT2D eigenvalue weighted by Gasteiger charge is 2.06. The first-order valence-electron chi connectivity index (χ1n) is 8.20. The van der Waals surface area contributed by atoms with Gasteiger partial charge in [0.2, 0.25) is 5.91 Å². The first kappa shape index (κ1) is 17.9. The van der Waals surface area contributed by atoms with E-state index in [0.717, 1.165) is 17.8 Å². The molecule has 1 aromatic carbocycles. The van der Waals surface area contributed by atoms with E-state index in [1.807, 2.05) is 31.1 Å². The summed E-state index contributed by atoms with van der Waals surface area (Å²) in [6.07, 6.45) is 3.58. The molecular formula is C19H26N4O. The number of rotatable bonds is 8. The zero-order chi connectivity index (χ0) is 17.4. The number of benzene rings is 1. The van der Waals surface area contributed by atoms with Gasteiger partial charge < -0.3 is 10.6 Å². The zero-order valence-corrected chi connectivity index (χ0v) is 14.7. The SMILES string of the molecule is Cc1ccc(CN(C)CC(=O)NCCNc2ccncc2C)cc1. The Morgan fingerprint density at radius 3 is 2.58 bits per heavy atom. The van der Waals surface area contributed by atoms with Crippen LogP contribution < -0.4 is 10.6 Å². The molecular weight excluding hydrogens is 300 g/mol. The van der Waals surface area contributed by atoms with Crippen LogP contribution in [0.25, 0.3) is 0 Å². The quantitative estimate of drug-likeness (QED) is 0.731. The Morgan fingerprint density at radius 2 is 1.88 bits per heavy atom. The van der Waals surface area contributed by atoms with Crippen LogP contribution in [-0.4, -0.2) is 42.5 Å². The number of aryl methyl sites for hydroxylation is 2. The van der Waals surface area contributed by atoms with Gasteiger partial charge in [0, 0.05) is 37.7 Å². The summed E-state index contributed by atoms with van der Waals surface area (Å²) >= 11 is 0. The van der Waals surface area contributed by atoms with E-state index in [1.165, 1.54) is 11.1 Å². The van der Waals surface area contributed by atoms with E-state index in [9.17, 15) is 4.79 Å². The van der Waals surface area contributed by atoms with Crippen molar-refractivity contribution in [3.8, 4) is 0 Å². The fourth-order valence-electron chi connectivity index (χ4n) is 2.43. The zero-order valence-electron chi connectivity index (χ0n) is 14.7. The molecule has 0 fully saturated rings. The Morgan fingerprint density at radius 1 is 1.12 bits per heavy atom. The normalized spacial score (nSPS) is 10.7. The number of hydrogen-bond acceptors (Lipinski definition) is 4. The number of aromatic nitrogens is 1. The number of carbonyl (C=O) groups excluding carboxylic acids is 1. The predicted molar refractivity (Wildman–Crippen MR) is 98.0 cm³/mol. The average molecular weight is 326 g/mol. The van der Waals surface area contributed by atoms with Crippen LogP contribution in [0.15, 0.2) is 42.7 Å². The number of pyridine rings is 1. The molecule has 0 radical (unpaired) electrons. The van der Waals surface area contributed by atoms with Gasteiger partial charge in [-0.15, -0.1) is 0 Å². The highest BCUT2D eigenvalue weighted by molar-refractivity contribution is 5.78. The molecule has 5 heteroatoms. The lowest BCUT2D eigenvalue weighted by molar-refractivity contribution is -0.121. The average Bonchev–Trinajstić information content (AvgIpc) is 2.55. The third kappa shape index (κ3) is 6.01. The number of nitrogens with zero attached hydrogens (tertiary/aromatic N) is 2. The van der Waals surface area contributed by atoms with E-state index in [-0.39, 0.29) is 5.91 Å². The van der Waals surface area contributed by atoms with Crippen molar-refractivity contribution in [2.45, 2.75) is 20.4 Å². The van der Waals surface area contributed by atoms with E-state index >= 15 is 0 Å². The third-order valence-corrected chi connectivity index (χ3v) is 3.77. The molecule has 0 aliphatic rings. The maximum atomic E-state index is 12.0. The van der Waals surface area contributed by atoms with E-state index in [2.05, 4.69) is 46.8 Å². The minimum Gasteiger partial charge on any atom is -0.383 e. The second kappa shape index (κ2) is 9.03. The summed E-state index contributed by atoms with van der Waals surface area (Å²) in [6.45, 7) is 6.53. The van der Waals surface area contributed by atoms with Crippen LogP contribution in [-0.2, 0) is 11.3 Å². The molecule has 1 heterocycles. The molecule has 0 bridgehead atoms. The van der Waals surface area contributed by atoms with Gasteiger partial charge in [0.15, 0.2) is 0 Å². The molecule has 24 heavy (non-hydrogen) atoms. The molecule has 0 unspecified atom stereocenters. The summed E-state index contributed by atoms with van der Waals surface area (Å²) in [6, 6.07) is 10.3. The maximum Gasteiger partial charge on any atom is 0.234 e. The molecule has 0 saturated carbocycles. The number of anilines is 1. The summed E-state index contributed by atoms with van der Waals surface area (Å²) in [5.41, 5.74) is 4.61. The van der Waals surface area contributed by atoms with E-state index in [4.69, 9.17) is 0 Å². The Labute approximate surface area is 144 Å². The molecule has 5 nitrogen and oxygen atoms in total. The summed E-state index contributed by atoms with van der Waals surface area (Å²) in [4.78, 5) is 18.1. The molecule has 0 aliphatic carbocycles. The summed E-state index contributed by atoms with van der Waals surface area (Å²) in [5.74, 6) is 0.0397. The van der Waals surface area contributed by atoms with Crippen molar-refractivity contribution in [1.82, 2.24) is 15.2 Å². The molecule has 1 aromatic heterocycles. The van der Waals surface area contributed by atoms with Gasteiger partial charge in [0.05, 0.1) is 6.54 Å². The first-order chi connectivity index (χ1) is 11.5. The molecule has 0 saturated heterocycles. The number of hydrogen-bond donors (Lipinski definition) is 2. The van der Waals surface area contributed by atoms with Crippen molar-refractivity contribution in [2.75, 3.05) is 32.0 Å². The van der Waals surface area contributed by atoms with Crippen molar-refractivity contribution in [1.29, 1.82) is 0 Å². The van der Waals surface area contributed by atoms with Crippen molar-refractivity contribution in [2.24, 2.45) is 0 Å². The minimum atomic E-state index is 0.0397. The Bertz CT molecular complexity index is 655. The summed E-state index contributed by atoms with van der Waals surface area (Å²) in [7, 11) is 1.96. The minimum absolute atomic E-state index is 0.0397. The van der Waals surface area contributed by atoms with Crippen LogP contribution in [0.3, 0.4) is 0 Å². The fourth-order valence-corrected chi connectivity index (χ4v) is 2.43. The number of likely N-dealkylation sites (N-methyl/N-ethyl adjacent to an activating group) is 1. The maximum absolute atomic E-state index is 12.0. The molecule has 2 N–H and O–H groups in total. The van der Waals surface area contributed by atoms with E-state index in [1.54, 1.807) is 6.20 Å². The Hall–Kier alpha value is -2.40. The first-order valence-corrected chi connectivity index (χ1v) is 8.20. The number of amides is 1. The number of nitrogens with one attached hydrogen (secondary N) is 2. The lowest BCUT2D eigenvalue weighted by Gasteiger charge is -2.17. The van der Waals surface area contributed by atoms with Gasteiger partial charge in [0.1, 0.15) is 0 Å². The van der Waals surface area contributed by atoms with E-state index < -0.39 is 0 Å². The molecule has 2 aromatic rings. The van der Waals surface area contributed by atoms with Crippen molar-refractivity contribution < 1.29 is 4.79 Å². The van der Waals surface area contributed by atoms with Gasteiger partial charge in [-0.25, -0.2) is 0 Å². The topological polar surface area (TPSA) is 57.3 Å². The van der Waals surface area contributed by atoms with Gasteiger partial charge >= 0.3 is 0 Å². The molecule has 2 rings (SSSR count). The van der Waals surface area contributed by atoms with Gasteiger partial charge in [-0.05, 0) is 38.1 Å². The second-order valence-electron chi connectivity index (χ2n) is 6.13. The Kier molecular flexibility index (Phi) is 6.75. The van der Waals surface area contributed by atoms with Gasteiger partial charge in [-0.2, -0.15) is 0 Å². The highest BCUT2D eigenvalue weighted by Crippen LogP contribution is 2.10. The van der Waals surface area contributed by atoms with Crippen molar-refractivity contribution in [3.05, 3.63) is 59.4 Å². The van der Waals surface area contributed by atoms with Crippen LogP contribution >= 0.6 is 0 Å². The van der Waals surface area contributed by atoms with Gasteiger partial charge in [-0.3, -0.25) is 14.7 Å². The number of carbonyl (C=O) groups is 1. The van der Waals surface area contributed by atoms with Gasteiger partial charge in [0.25, 0.3) is 0 Å². The largest absolute Gasteiger partial charge is 0.383 e. The molecule has 1 amide bonds. The van der Waals surface area contributed by atoms with E-state index in [0.29, 0.717) is 19.6 Å². The fraction of sp³-hybridized carbons (Fsp3) is 0.368. The standard InChI is InChI=1S/C19H26N4O/c1-15-4-6-17(7-5-15)13-23(3)14-19(24)22-11-10-21-18-8-9-20-12-16(18)2/h4-9,12H,10-11,13-14H2,1-3H3,(H,20,21)(H,22,24). The highest BCUT2D eigenvalue weighted by atomic mass is 16.2. The Balaban J connectivity index is 1.65. The smallest absolute Gasteiger partial charge is 0.234 e. The van der Waals surface area contributed by atoms with Crippen LogP contribution in [0, 0.1) is 13.8 Å². The molecule has 0 spiro atoms. The third-order valence-electron chi connectivity index (χ3n) is 3.77. The lowest BCUT2D eigenvalue weighted by atomic mass is 10.1. The van der Waals surface area contributed by atoms with Crippen LogP contribution in [0.4, 0.5) is 5.69 Å². The van der Waals surface area contributed by atoms with Crippen molar-refractivity contribution >= 4 is 11.6 Å². The van der Waals surface area contributed by atoms with Crippen LogP contribution in [0.2, 0.25) is 0 Å². The second-order valence-corrected chi connectivity index (χ2v) is 6.13. The monoisotopic (exact) mass is 326 g/mol. The summed E-state index contributed by atoms with van der Waals surface area (Å²) < 4.78 is 0. The van der Waals surface area contributed by atoms with Crippen LogP contribution in [0.5, 0.6) is 0 Å². The lowest BCUT2D eigenvalue weighted by Crippen LogP contribution is -2.37. The van der Waals surface area contributed by atoms with Gasteiger partial charge in [-0.1, -0.05) is 29.8 Å². The molecule has 128 valence electrons.